The molecule has 3 N–H and O–H groups in total. The maximum Gasteiger partial charge on any atom is 0.157 e. The number of nitrogens with zero attached hydrogens (tertiary/aromatic N) is 6. The second kappa shape index (κ2) is 23.6. The van der Waals surface area contributed by atoms with Crippen LogP contribution in [0.2, 0.25) is 0 Å². The molecule has 0 amide bonds. The van der Waals surface area contributed by atoms with Gasteiger partial charge in [0, 0.05) is 42.0 Å². The molecule has 480 valence electrons. The van der Waals surface area contributed by atoms with Crippen LogP contribution in [0, 0.1) is 144 Å². The van der Waals surface area contributed by atoms with Crippen LogP contribution in [0.25, 0.3) is 0 Å². The van der Waals surface area contributed by atoms with Crippen molar-refractivity contribution in [2.45, 2.75) is 272 Å². The Kier molecular flexibility index (Phi) is 16.9. The molecule has 87 heavy (non-hydrogen) atoms. The van der Waals surface area contributed by atoms with Gasteiger partial charge in [-0.1, -0.05) is 20.8 Å². The van der Waals surface area contributed by atoms with Crippen LogP contribution in [0.1, 0.15) is 232 Å². The molecule has 12 saturated carbocycles. The number of carbonyl (C=O) groups excluding carboxylic acids is 3. The highest BCUT2D eigenvalue weighted by molar-refractivity contribution is 5.83. The molecule has 12 heteroatoms. The zero-order valence-corrected chi connectivity index (χ0v) is 55.3. The van der Waals surface area contributed by atoms with E-state index in [0.29, 0.717) is 37.0 Å². The summed E-state index contributed by atoms with van der Waals surface area (Å²) in [6, 6.07) is 1.98. The Labute approximate surface area is 522 Å². The number of hydrogen-bond donors (Lipinski definition) is 3. The van der Waals surface area contributed by atoms with Gasteiger partial charge in [-0.2, -0.15) is 15.3 Å². The van der Waals surface area contributed by atoms with Crippen LogP contribution in [0.15, 0.2) is 37.1 Å². The van der Waals surface area contributed by atoms with Crippen molar-refractivity contribution in [3.63, 3.8) is 0 Å². The molecule has 0 saturated heterocycles. The molecule has 0 bridgehead atoms. The highest BCUT2D eigenvalue weighted by Gasteiger charge is 2.62. The topological polar surface area (TPSA) is 165 Å². The molecule has 24 atom stereocenters. The predicted octanol–water partition coefficient (Wildman–Crippen LogP) is 14.3. The minimum Gasteiger partial charge on any atom is -0.390 e. The van der Waals surface area contributed by atoms with Gasteiger partial charge in [-0.25, -0.2) is 0 Å². The highest BCUT2D eigenvalue weighted by Crippen LogP contribution is 2.68. The van der Waals surface area contributed by atoms with Crippen molar-refractivity contribution in [1.82, 2.24) is 29.3 Å². The lowest BCUT2D eigenvalue weighted by atomic mass is 9.49. The summed E-state index contributed by atoms with van der Waals surface area (Å²) in [5.74, 6) is 13.6. The Morgan fingerprint density at radius 3 is 1.06 bits per heavy atom. The first-order chi connectivity index (χ1) is 41.3. The van der Waals surface area contributed by atoms with Gasteiger partial charge in [-0.15, -0.1) is 0 Å². The van der Waals surface area contributed by atoms with E-state index in [4.69, 9.17) is 0 Å². The molecule has 3 aromatic rings. The molecule has 3 aromatic heterocycles. The molecule has 12 fully saturated rings. The van der Waals surface area contributed by atoms with E-state index in [1.54, 1.807) is 6.20 Å². The van der Waals surface area contributed by atoms with Crippen LogP contribution >= 0.6 is 0 Å². The van der Waals surface area contributed by atoms with Crippen LogP contribution in [0.5, 0.6) is 0 Å². The maximum absolute atomic E-state index is 13.3. The van der Waals surface area contributed by atoms with Gasteiger partial charge >= 0.3 is 0 Å². The normalized spacial score (nSPS) is 46.6. The van der Waals surface area contributed by atoms with E-state index in [1.807, 2.05) is 86.4 Å². The second-order valence-electron chi connectivity index (χ2n) is 34.5. The second-order valence-corrected chi connectivity index (χ2v) is 34.5. The summed E-state index contributed by atoms with van der Waals surface area (Å²) in [5, 5.41) is 44.8. The molecule has 0 radical (unpaired) electrons. The number of aromatic nitrogens is 6. The smallest absolute Gasteiger partial charge is 0.157 e. The summed E-state index contributed by atoms with van der Waals surface area (Å²) in [6.07, 6.45) is 41.4. The fourth-order valence-corrected chi connectivity index (χ4v) is 25.3. The number of carbonyl (C=O) groups is 3. The molecular formula is C75H114N6O6. The van der Waals surface area contributed by atoms with Crippen LogP contribution in [-0.4, -0.2) is 78.8 Å². The Morgan fingerprint density at radius 1 is 0.414 bits per heavy atom. The van der Waals surface area contributed by atoms with Gasteiger partial charge in [0.25, 0.3) is 0 Å². The van der Waals surface area contributed by atoms with E-state index < -0.39 is 16.8 Å². The summed E-state index contributed by atoms with van der Waals surface area (Å²) >= 11 is 0. The Bertz CT molecular complexity index is 2840. The number of aliphatic hydroxyl groups is 3. The minimum absolute atomic E-state index is 0.187. The van der Waals surface area contributed by atoms with Crippen LogP contribution < -0.4 is 0 Å². The molecule has 0 spiro atoms. The van der Waals surface area contributed by atoms with E-state index >= 15 is 0 Å². The number of fused-ring (bicyclic) bond motifs is 15. The van der Waals surface area contributed by atoms with Crippen LogP contribution in [0.4, 0.5) is 0 Å². The van der Waals surface area contributed by atoms with Crippen molar-refractivity contribution in [3.05, 3.63) is 53.9 Å². The van der Waals surface area contributed by atoms with Gasteiger partial charge < -0.3 is 15.3 Å². The first kappa shape index (κ1) is 62.3. The van der Waals surface area contributed by atoms with Gasteiger partial charge in [0.05, 0.1) is 42.3 Å². The Hall–Kier alpha value is -3.48. The zero-order chi connectivity index (χ0) is 61.2. The average Bonchev–Trinajstić information content (AvgIpc) is 1.86. The molecule has 0 aromatic carbocycles. The van der Waals surface area contributed by atoms with Crippen molar-refractivity contribution in [3.8, 4) is 0 Å². The van der Waals surface area contributed by atoms with Gasteiger partial charge in [-0.3, -0.25) is 28.4 Å². The van der Waals surface area contributed by atoms with Crippen LogP contribution in [0.3, 0.4) is 0 Å². The SMILES string of the molecule is Cc1ccnn1CC(=O)[C@H]1CC[C@H]2[C@@H]3CC[C@@H]4C[C@](C)(O)CC[C@@H]4[C@H]3CC[C@]12C.Cc1cnn(CC(=O)[C@H]2CC[C@H]3[C@@H]4CC[C@@H]5C[C@](C)(O)CC[C@@H]5[C@H]4CC[C@]23C)c1.Cc1cnn(CC(=O)[C@H]2CC[C@H]3[C@@H]4CC[C@@H]5C[C@](C)(O)CC[C@@H]5[C@H]4CC[C@]23C)c1. The van der Waals surface area contributed by atoms with Gasteiger partial charge in [0.1, 0.15) is 6.54 Å². The van der Waals surface area contributed by atoms with Crippen molar-refractivity contribution in [2.75, 3.05) is 0 Å². The summed E-state index contributed by atoms with van der Waals surface area (Å²) in [7, 11) is 0. The highest BCUT2D eigenvalue weighted by atomic mass is 16.3. The zero-order valence-electron chi connectivity index (χ0n) is 55.3. The fraction of sp³-hybridized carbons (Fsp3) is 0.840. The third-order valence-corrected chi connectivity index (χ3v) is 29.3. The Balaban J connectivity index is 0.000000121. The molecular weight excluding hydrogens is 1080 g/mol. The molecule has 0 unspecified atom stereocenters. The Morgan fingerprint density at radius 2 is 0.747 bits per heavy atom. The van der Waals surface area contributed by atoms with Gasteiger partial charge in [0.2, 0.25) is 0 Å². The van der Waals surface area contributed by atoms with Crippen molar-refractivity contribution >= 4 is 17.3 Å². The standard InChI is InChI=1S/3C25H38N2O2/c1-16-10-13-26-27(16)15-23(28)22-7-6-21-20-5-4-17-14-24(2,29)11-8-18(17)19(20)9-12-25(21,22)3;2*1-16-13-26-27(14-16)15-23(28)22-7-6-21-20-5-4-17-12-24(2,29)10-8-18(17)19(20)9-11-25(21,22)3/h10,13,17-22,29H,4-9,11-12,14-15H2,1-3H3;2*13-14,17-22,29H,4-12,15H2,1-3H3/t3*17-,18+,19-,20-,21+,22-,24-,25+/m111/s1. The van der Waals surface area contributed by atoms with E-state index in [2.05, 4.69) is 36.1 Å². The van der Waals surface area contributed by atoms with Crippen molar-refractivity contribution < 1.29 is 29.7 Å². The minimum atomic E-state index is -0.438. The molecule has 12 aliphatic rings. The number of Topliss-reactive ketones (excluding diaryl/α,β-unsaturated/α-hetero) is 3. The summed E-state index contributed by atoms with van der Waals surface area (Å²) in [5.41, 5.74) is 2.57. The largest absolute Gasteiger partial charge is 0.390 e. The number of ketones is 3. The van der Waals surface area contributed by atoms with Crippen LogP contribution in [-0.2, 0) is 34.0 Å². The number of aryl methyl sites for hydroxylation is 3. The lowest BCUT2D eigenvalue weighted by Crippen LogP contribution is -2.51. The summed E-state index contributed by atoms with van der Waals surface area (Å²) in [6.45, 7) is 20.9. The molecule has 12 aliphatic carbocycles. The molecule has 0 aliphatic heterocycles. The summed E-state index contributed by atoms with van der Waals surface area (Å²) < 4.78 is 5.54. The fourth-order valence-electron chi connectivity index (χ4n) is 25.3. The first-order valence-corrected chi connectivity index (χ1v) is 36.0. The van der Waals surface area contributed by atoms with Crippen molar-refractivity contribution in [2.24, 2.45) is 123 Å². The number of hydrogen-bond acceptors (Lipinski definition) is 9. The van der Waals surface area contributed by atoms with Crippen molar-refractivity contribution in [1.29, 1.82) is 0 Å². The van der Waals surface area contributed by atoms with E-state index in [0.717, 1.165) is 163 Å². The molecule has 12 nitrogen and oxygen atoms in total. The predicted molar refractivity (Wildman–Crippen MR) is 340 cm³/mol. The lowest BCUT2D eigenvalue weighted by Gasteiger charge is -2.56. The maximum atomic E-state index is 13.3. The van der Waals surface area contributed by atoms with E-state index in [-0.39, 0.29) is 34.0 Å². The quantitative estimate of drug-likeness (QED) is 0.189. The number of rotatable bonds is 9. The monoisotopic (exact) mass is 1190 g/mol. The third-order valence-electron chi connectivity index (χ3n) is 29.3. The van der Waals surface area contributed by atoms with Gasteiger partial charge in [-0.05, 0) is 337 Å². The van der Waals surface area contributed by atoms with E-state index in [1.165, 1.54) is 116 Å². The van der Waals surface area contributed by atoms with Gasteiger partial charge in [0.15, 0.2) is 17.3 Å². The third kappa shape index (κ3) is 11.7. The first-order valence-electron chi connectivity index (χ1n) is 36.0. The summed E-state index contributed by atoms with van der Waals surface area (Å²) in [4.78, 5) is 39.8. The average molecular weight is 1200 g/mol. The molecule has 3 heterocycles. The van der Waals surface area contributed by atoms with E-state index in [9.17, 15) is 29.7 Å². The lowest BCUT2D eigenvalue weighted by molar-refractivity contribution is -0.133. The molecule has 15 rings (SSSR count).